The number of piperazine rings is 1. The molecule has 0 aliphatic carbocycles. The lowest BCUT2D eigenvalue weighted by molar-refractivity contribution is -0.385. The quantitative estimate of drug-likeness (QED) is 0.439. The van der Waals surface area contributed by atoms with Crippen molar-refractivity contribution >= 4 is 27.3 Å². The van der Waals surface area contributed by atoms with Crippen LogP contribution in [-0.4, -0.2) is 67.3 Å². The van der Waals surface area contributed by atoms with Crippen LogP contribution in [-0.2, 0) is 14.8 Å². The molecule has 1 aliphatic heterocycles. The van der Waals surface area contributed by atoms with Crippen molar-refractivity contribution < 1.29 is 31.7 Å². The van der Waals surface area contributed by atoms with Gasteiger partial charge in [0, 0.05) is 44.0 Å². The molecule has 3 rings (SSSR count). The topological polar surface area (TPSA) is 122 Å². The molecule has 1 fully saturated rings. The molecule has 1 aliphatic rings. The Hall–Kier alpha value is -3.16. The van der Waals surface area contributed by atoms with Gasteiger partial charge in [-0.2, -0.15) is 13.1 Å². The molecule has 1 atom stereocenters. The summed E-state index contributed by atoms with van der Waals surface area (Å²) in [6, 6.07) is 8.64. The summed E-state index contributed by atoms with van der Waals surface area (Å²) in [5.41, 5.74) is 0.508. The van der Waals surface area contributed by atoms with Gasteiger partial charge in [0.05, 0.1) is 15.9 Å². The summed E-state index contributed by atoms with van der Waals surface area (Å²) < 4.78 is 56.2. The monoisotopic (exact) mass is 498 g/mol. The SMILES string of the molecule is Cc1ccc([N+](=O)[O-])cc1S(=O)(=O)N1CCN(C(C)C(=O)Nc2ccc(OC(F)F)cc2)CC1. The highest BCUT2D eigenvalue weighted by molar-refractivity contribution is 7.89. The predicted octanol–water partition coefficient (Wildman–Crippen LogP) is 2.84. The van der Waals surface area contributed by atoms with Crippen LogP contribution in [0.3, 0.4) is 0 Å². The second-order valence-electron chi connectivity index (χ2n) is 7.72. The summed E-state index contributed by atoms with van der Waals surface area (Å²) in [6.07, 6.45) is 0. The van der Waals surface area contributed by atoms with Crippen molar-refractivity contribution in [3.8, 4) is 5.75 Å². The Morgan fingerprint density at radius 2 is 1.74 bits per heavy atom. The molecule has 184 valence electrons. The molecule has 0 bridgehead atoms. The fourth-order valence-electron chi connectivity index (χ4n) is 3.58. The maximum absolute atomic E-state index is 13.1. The molecule has 2 aromatic rings. The number of nitrogens with one attached hydrogen (secondary N) is 1. The van der Waals surface area contributed by atoms with Gasteiger partial charge < -0.3 is 10.1 Å². The minimum absolute atomic E-state index is 0.0302. The standard InChI is InChI=1S/C21H24F2N4O6S/c1-14-3-6-17(27(29)30)13-19(14)34(31,32)26-11-9-25(10-12-26)15(2)20(28)24-16-4-7-18(8-5-16)33-21(22)23/h3-8,13,15,21H,9-12H2,1-2H3,(H,24,28). The lowest BCUT2D eigenvalue weighted by Crippen LogP contribution is -2.54. The third-order valence-electron chi connectivity index (χ3n) is 5.55. The van der Waals surface area contributed by atoms with Crippen molar-refractivity contribution in [1.82, 2.24) is 9.21 Å². The van der Waals surface area contributed by atoms with Crippen molar-refractivity contribution in [2.24, 2.45) is 0 Å². The largest absolute Gasteiger partial charge is 0.435 e. The Balaban J connectivity index is 1.61. The number of alkyl halides is 2. The van der Waals surface area contributed by atoms with Crippen LogP contribution < -0.4 is 10.1 Å². The molecular weight excluding hydrogens is 474 g/mol. The van der Waals surface area contributed by atoms with Crippen LogP contribution in [0.2, 0.25) is 0 Å². The van der Waals surface area contributed by atoms with Crippen LogP contribution in [0, 0.1) is 17.0 Å². The third kappa shape index (κ3) is 5.85. The number of amides is 1. The highest BCUT2D eigenvalue weighted by atomic mass is 32.2. The fourth-order valence-corrected chi connectivity index (χ4v) is 5.25. The molecule has 1 saturated heterocycles. The summed E-state index contributed by atoms with van der Waals surface area (Å²) in [6.45, 7) is 1.10. The van der Waals surface area contributed by atoms with Crippen molar-refractivity contribution in [2.45, 2.75) is 31.4 Å². The molecule has 1 N–H and O–H groups in total. The van der Waals surface area contributed by atoms with Gasteiger partial charge in [-0.3, -0.25) is 19.8 Å². The number of non-ortho nitro benzene ring substituents is 1. The Morgan fingerprint density at radius 1 is 1.12 bits per heavy atom. The second-order valence-corrected chi connectivity index (χ2v) is 9.62. The first-order valence-corrected chi connectivity index (χ1v) is 11.8. The van der Waals surface area contributed by atoms with Gasteiger partial charge in [0.1, 0.15) is 5.75 Å². The third-order valence-corrected chi connectivity index (χ3v) is 7.59. The maximum atomic E-state index is 13.1. The average molecular weight is 499 g/mol. The highest BCUT2D eigenvalue weighted by Crippen LogP contribution is 2.26. The lowest BCUT2D eigenvalue weighted by atomic mass is 10.2. The van der Waals surface area contributed by atoms with E-state index in [2.05, 4.69) is 10.1 Å². The molecule has 2 aromatic carbocycles. The van der Waals surface area contributed by atoms with E-state index in [1.807, 2.05) is 4.90 Å². The molecule has 0 aromatic heterocycles. The van der Waals surface area contributed by atoms with Gasteiger partial charge in [0.15, 0.2) is 0 Å². The number of ether oxygens (including phenoxy) is 1. The lowest BCUT2D eigenvalue weighted by Gasteiger charge is -2.36. The zero-order valence-electron chi connectivity index (χ0n) is 18.5. The minimum atomic E-state index is -3.94. The number of carbonyl (C=O) groups is 1. The van der Waals surface area contributed by atoms with Gasteiger partial charge >= 0.3 is 6.61 Å². The van der Waals surface area contributed by atoms with Crippen molar-refractivity contribution in [1.29, 1.82) is 0 Å². The summed E-state index contributed by atoms with van der Waals surface area (Å²) >= 11 is 0. The number of rotatable bonds is 8. The first kappa shape index (κ1) is 25.5. The predicted molar refractivity (Wildman–Crippen MR) is 119 cm³/mol. The Bertz CT molecular complexity index is 1150. The van der Waals surface area contributed by atoms with Gasteiger partial charge in [0.2, 0.25) is 15.9 Å². The van der Waals surface area contributed by atoms with Gasteiger partial charge in [-0.05, 0) is 43.7 Å². The first-order chi connectivity index (χ1) is 16.0. The van der Waals surface area contributed by atoms with Crippen LogP contribution in [0.15, 0.2) is 47.4 Å². The van der Waals surface area contributed by atoms with Crippen molar-refractivity contribution in [2.75, 3.05) is 31.5 Å². The summed E-state index contributed by atoms with van der Waals surface area (Å²) in [7, 11) is -3.94. The van der Waals surface area contributed by atoms with Gasteiger partial charge in [-0.25, -0.2) is 8.42 Å². The van der Waals surface area contributed by atoms with Crippen LogP contribution >= 0.6 is 0 Å². The van der Waals surface area contributed by atoms with Crippen LogP contribution in [0.4, 0.5) is 20.2 Å². The summed E-state index contributed by atoms with van der Waals surface area (Å²) in [5.74, 6) is -0.370. The number of sulfonamides is 1. The van der Waals surface area contributed by atoms with Crippen molar-refractivity contribution in [3.63, 3.8) is 0 Å². The van der Waals surface area contributed by atoms with E-state index in [0.29, 0.717) is 11.3 Å². The number of benzene rings is 2. The number of nitrogens with zero attached hydrogens (tertiary/aromatic N) is 3. The molecule has 0 saturated carbocycles. The number of nitro groups is 1. The number of hydrogen-bond acceptors (Lipinski definition) is 7. The molecule has 0 spiro atoms. The normalized spacial score (nSPS) is 16.3. The Morgan fingerprint density at radius 3 is 2.29 bits per heavy atom. The smallest absolute Gasteiger partial charge is 0.387 e. The van der Waals surface area contributed by atoms with Crippen LogP contribution in [0.5, 0.6) is 5.75 Å². The molecule has 1 heterocycles. The number of nitro benzene ring substituents is 1. The van der Waals surface area contributed by atoms with E-state index in [1.165, 1.54) is 40.7 Å². The first-order valence-electron chi connectivity index (χ1n) is 10.3. The number of aryl methyl sites for hydroxylation is 1. The van der Waals surface area contributed by atoms with Crippen molar-refractivity contribution in [3.05, 3.63) is 58.1 Å². The second kappa shape index (κ2) is 10.4. The zero-order chi connectivity index (χ0) is 25.0. The molecule has 1 amide bonds. The van der Waals surface area contributed by atoms with Gasteiger partial charge in [-0.15, -0.1) is 0 Å². The van der Waals surface area contributed by atoms with E-state index < -0.39 is 27.6 Å². The molecule has 13 heteroatoms. The zero-order valence-corrected chi connectivity index (χ0v) is 19.3. The van der Waals surface area contributed by atoms with E-state index in [1.54, 1.807) is 13.8 Å². The molecule has 1 unspecified atom stereocenters. The minimum Gasteiger partial charge on any atom is -0.435 e. The van der Waals surface area contributed by atoms with E-state index in [9.17, 15) is 32.1 Å². The Labute approximate surface area is 195 Å². The average Bonchev–Trinajstić information content (AvgIpc) is 2.79. The van der Waals surface area contributed by atoms with E-state index in [0.717, 1.165) is 6.07 Å². The van der Waals surface area contributed by atoms with Gasteiger partial charge in [-0.1, -0.05) is 6.07 Å². The summed E-state index contributed by atoms with van der Waals surface area (Å²) in [4.78, 5) is 24.7. The number of halogens is 2. The van der Waals surface area contributed by atoms with E-state index >= 15 is 0 Å². The Kier molecular flexibility index (Phi) is 7.79. The number of carbonyl (C=O) groups excluding carboxylic acids is 1. The van der Waals surface area contributed by atoms with E-state index in [4.69, 9.17) is 0 Å². The van der Waals surface area contributed by atoms with E-state index in [-0.39, 0.29) is 48.4 Å². The number of hydrogen-bond donors (Lipinski definition) is 1. The molecule has 0 radical (unpaired) electrons. The maximum Gasteiger partial charge on any atom is 0.387 e. The molecule has 10 nitrogen and oxygen atoms in total. The van der Waals surface area contributed by atoms with Gasteiger partial charge in [0.25, 0.3) is 5.69 Å². The van der Waals surface area contributed by atoms with Crippen LogP contribution in [0.1, 0.15) is 12.5 Å². The molecule has 34 heavy (non-hydrogen) atoms. The fraction of sp³-hybridized carbons (Fsp3) is 0.381. The number of anilines is 1. The molecular formula is C21H24F2N4O6S. The summed E-state index contributed by atoms with van der Waals surface area (Å²) in [5, 5.41) is 13.7. The van der Waals surface area contributed by atoms with Crippen LogP contribution in [0.25, 0.3) is 0 Å². The highest BCUT2D eigenvalue weighted by Gasteiger charge is 2.33.